The van der Waals surface area contributed by atoms with E-state index in [2.05, 4.69) is 36.4 Å². The first-order valence-corrected chi connectivity index (χ1v) is 10.7. The second-order valence-electron chi connectivity index (χ2n) is 9.60. The Kier molecular flexibility index (Phi) is 5.02. The normalized spacial score (nSPS) is 24.8. The van der Waals surface area contributed by atoms with Gasteiger partial charge in [0, 0.05) is 13.1 Å². The smallest absolute Gasteiger partial charge is 0.410 e. The van der Waals surface area contributed by atoms with Gasteiger partial charge in [-0.1, -0.05) is 20.8 Å². The number of ether oxygens (including phenoxy) is 1. The van der Waals surface area contributed by atoms with Crippen LogP contribution < -0.4 is 0 Å². The van der Waals surface area contributed by atoms with Crippen LogP contribution in [0.2, 0.25) is 0 Å². The van der Waals surface area contributed by atoms with E-state index in [1.807, 2.05) is 23.4 Å². The molecule has 1 aliphatic heterocycles. The minimum Gasteiger partial charge on any atom is -0.441 e. The predicted octanol–water partition coefficient (Wildman–Crippen LogP) is 4.73. The molecule has 1 saturated carbocycles. The van der Waals surface area contributed by atoms with Gasteiger partial charge in [-0.3, -0.25) is 0 Å². The zero-order chi connectivity index (χ0) is 20.6. The van der Waals surface area contributed by atoms with Crippen molar-refractivity contribution in [3.8, 4) is 6.07 Å². The maximum Gasteiger partial charge on any atom is 0.410 e. The van der Waals surface area contributed by atoms with Crippen molar-refractivity contribution in [2.24, 2.45) is 11.3 Å². The van der Waals surface area contributed by atoms with Gasteiger partial charge in [0.15, 0.2) is 0 Å². The van der Waals surface area contributed by atoms with Crippen LogP contribution in [0.5, 0.6) is 0 Å². The average Bonchev–Trinajstić information content (AvgIpc) is 3.21. The third-order valence-electron chi connectivity index (χ3n) is 6.73. The highest BCUT2D eigenvalue weighted by atomic mass is 16.6. The summed E-state index contributed by atoms with van der Waals surface area (Å²) in [4.78, 5) is 19.0. The first-order chi connectivity index (χ1) is 13.8. The van der Waals surface area contributed by atoms with Crippen molar-refractivity contribution in [1.82, 2.24) is 14.5 Å². The number of hydrogen-bond donors (Lipinski definition) is 0. The number of amides is 1. The van der Waals surface area contributed by atoms with Gasteiger partial charge in [-0.25, -0.2) is 9.78 Å². The minimum atomic E-state index is -0.349. The number of benzene rings is 1. The van der Waals surface area contributed by atoms with Crippen LogP contribution in [0.3, 0.4) is 0 Å². The molecule has 1 spiro atoms. The lowest BCUT2D eigenvalue weighted by molar-refractivity contribution is 0.00411. The Balaban J connectivity index is 1.48. The Bertz CT molecular complexity index is 957. The van der Waals surface area contributed by atoms with Gasteiger partial charge >= 0.3 is 6.09 Å². The molecule has 2 aliphatic rings. The number of rotatable bonds is 5. The van der Waals surface area contributed by atoms with Gasteiger partial charge in [-0.05, 0) is 61.6 Å². The number of aromatic nitrogens is 2. The molecular weight excluding hydrogens is 364 g/mol. The van der Waals surface area contributed by atoms with Crippen LogP contribution in [0.15, 0.2) is 24.5 Å². The number of nitriles is 1. The molecular formula is C23H30N4O2. The van der Waals surface area contributed by atoms with E-state index in [9.17, 15) is 10.1 Å². The number of carbonyl (C=O) groups excluding carboxylic acids is 1. The van der Waals surface area contributed by atoms with Crippen molar-refractivity contribution in [3.63, 3.8) is 0 Å². The molecule has 1 amide bonds. The SMILES string of the molecule is CCC(C)(C)CN1C[C@@]2(CCC[C@H](Cn3cnc4ccc(C#N)cc43)C2)OC1=O. The van der Waals surface area contributed by atoms with Crippen LogP contribution in [-0.2, 0) is 11.3 Å². The molecule has 6 heteroatoms. The van der Waals surface area contributed by atoms with E-state index in [0.29, 0.717) is 18.0 Å². The Hall–Kier alpha value is -2.55. The lowest BCUT2D eigenvalue weighted by atomic mass is 9.77. The van der Waals surface area contributed by atoms with E-state index in [1.165, 1.54) is 0 Å². The molecule has 2 heterocycles. The largest absolute Gasteiger partial charge is 0.441 e. The minimum absolute atomic E-state index is 0.104. The Morgan fingerprint density at radius 2 is 2.24 bits per heavy atom. The van der Waals surface area contributed by atoms with Gasteiger partial charge in [0.25, 0.3) is 0 Å². The third kappa shape index (κ3) is 3.96. The predicted molar refractivity (Wildman–Crippen MR) is 111 cm³/mol. The Labute approximate surface area is 172 Å². The van der Waals surface area contributed by atoms with Gasteiger partial charge in [-0.2, -0.15) is 5.26 Å². The second kappa shape index (κ2) is 7.37. The van der Waals surface area contributed by atoms with Crippen molar-refractivity contribution >= 4 is 17.1 Å². The molecule has 2 aromatic rings. The van der Waals surface area contributed by atoms with Gasteiger partial charge in [0.2, 0.25) is 0 Å². The number of fused-ring (bicyclic) bond motifs is 1. The van der Waals surface area contributed by atoms with Gasteiger partial charge in [0.1, 0.15) is 5.60 Å². The average molecular weight is 395 g/mol. The van der Waals surface area contributed by atoms with Gasteiger partial charge < -0.3 is 14.2 Å². The Morgan fingerprint density at radius 3 is 3.00 bits per heavy atom. The molecule has 154 valence electrons. The lowest BCUT2D eigenvalue weighted by Crippen LogP contribution is -2.42. The highest BCUT2D eigenvalue weighted by molar-refractivity contribution is 5.77. The maximum atomic E-state index is 12.6. The Morgan fingerprint density at radius 1 is 1.41 bits per heavy atom. The summed E-state index contributed by atoms with van der Waals surface area (Å²) in [7, 11) is 0. The van der Waals surface area contributed by atoms with Crippen molar-refractivity contribution in [2.75, 3.05) is 13.1 Å². The maximum absolute atomic E-state index is 12.6. The summed E-state index contributed by atoms with van der Waals surface area (Å²) < 4.78 is 8.13. The topological polar surface area (TPSA) is 71.2 Å². The molecule has 0 unspecified atom stereocenters. The van der Waals surface area contributed by atoms with E-state index < -0.39 is 0 Å². The van der Waals surface area contributed by atoms with Crippen LogP contribution in [0.25, 0.3) is 11.0 Å². The fraction of sp³-hybridized carbons (Fsp3) is 0.609. The monoisotopic (exact) mass is 394 g/mol. The van der Waals surface area contributed by atoms with Crippen LogP contribution in [-0.4, -0.2) is 39.2 Å². The molecule has 29 heavy (non-hydrogen) atoms. The second-order valence-corrected chi connectivity index (χ2v) is 9.60. The summed E-state index contributed by atoms with van der Waals surface area (Å²) in [5.41, 5.74) is 2.32. The number of imidazole rings is 1. The van der Waals surface area contributed by atoms with Crippen LogP contribution in [0.1, 0.15) is 58.4 Å². The summed E-state index contributed by atoms with van der Waals surface area (Å²) in [6, 6.07) is 7.82. The number of nitrogens with zero attached hydrogens (tertiary/aromatic N) is 4. The molecule has 1 saturated heterocycles. The number of hydrogen-bond acceptors (Lipinski definition) is 4. The van der Waals surface area contributed by atoms with Crippen LogP contribution in [0.4, 0.5) is 4.79 Å². The molecule has 1 aromatic heterocycles. The lowest BCUT2D eigenvalue weighted by Gasteiger charge is -2.36. The molecule has 2 fully saturated rings. The van der Waals surface area contributed by atoms with Crippen LogP contribution >= 0.6 is 0 Å². The molecule has 0 radical (unpaired) electrons. The molecule has 2 atom stereocenters. The van der Waals surface area contributed by atoms with Crippen molar-refractivity contribution in [3.05, 3.63) is 30.1 Å². The molecule has 0 bridgehead atoms. The summed E-state index contributed by atoms with van der Waals surface area (Å²) in [6.07, 6.45) is 6.77. The van der Waals surface area contributed by atoms with Crippen LogP contribution in [0, 0.1) is 22.7 Å². The standard InChI is InChI=1S/C23H30N4O2/c1-4-22(2,3)14-27-15-23(29-21(27)28)9-5-6-18(11-23)13-26-16-25-19-8-7-17(12-24)10-20(19)26/h7-8,10,16,18H,4-6,9,11,13-15H2,1-3H3/t18-,23-/m0/s1. The molecule has 1 aliphatic carbocycles. The van der Waals surface area contributed by atoms with Gasteiger partial charge in [0.05, 0.1) is 35.5 Å². The fourth-order valence-electron chi connectivity index (χ4n) is 4.83. The quantitative estimate of drug-likeness (QED) is 0.735. The number of carbonyl (C=O) groups is 1. The highest BCUT2D eigenvalue weighted by Crippen LogP contribution is 2.41. The van der Waals surface area contributed by atoms with E-state index in [0.717, 1.165) is 56.2 Å². The molecule has 0 N–H and O–H groups in total. The van der Waals surface area contributed by atoms with Crippen molar-refractivity contribution in [2.45, 2.75) is 65.0 Å². The first-order valence-electron chi connectivity index (χ1n) is 10.7. The third-order valence-corrected chi connectivity index (χ3v) is 6.73. The first kappa shape index (κ1) is 19.8. The van der Waals surface area contributed by atoms with Crippen molar-refractivity contribution in [1.29, 1.82) is 5.26 Å². The fourth-order valence-corrected chi connectivity index (χ4v) is 4.83. The van der Waals surface area contributed by atoms with E-state index in [1.54, 1.807) is 6.07 Å². The highest BCUT2D eigenvalue weighted by Gasteiger charge is 2.48. The summed E-state index contributed by atoms with van der Waals surface area (Å²) in [5, 5.41) is 9.20. The summed E-state index contributed by atoms with van der Waals surface area (Å²) >= 11 is 0. The zero-order valence-electron chi connectivity index (χ0n) is 17.6. The van der Waals surface area contributed by atoms with E-state index >= 15 is 0 Å². The summed E-state index contributed by atoms with van der Waals surface area (Å²) in [5.74, 6) is 0.429. The van der Waals surface area contributed by atoms with E-state index in [4.69, 9.17) is 4.74 Å². The van der Waals surface area contributed by atoms with Crippen molar-refractivity contribution < 1.29 is 9.53 Å². The summed E-state index contributed by atoms with van der Waals surface area (Å²) in [6.45, 7) is 8.86. The van der Waals surface area contributed by atoms with E-state index in [-0.39, 0.29) is 17.1 Å². The molecule has 4 rings (SSSR count). The zero-order valence-corrected chi connectivity index (χ0v) is 17.6. The van der Waals surface area contributed by atoms with Gasteiger partial charge in [-0.15, -0.1) is 0 Å². The molecule has 6 nitrogen and oxygen atoms in total. The molecule has 1 aromatic carbocycles.